The van der Waals surface area contributed by atoms with Gasteiger partial charge >= 0.3 is 11.9 Å². The number of carbonyl (C=O) groups is 3. The van der Waals surface area contributed by atoms with Crippen LogP contribution in [0.4, 0.5) is 0 Å². The summed E-state index contributed by atoms with van der Waals surface area (Å²) >= 11 is 0. The topological polar surface area (TPSA) is 134 Å². The number of carboxylic acid groups (broad SMARTS) is 2. The molecule has 9 nitrogen and oxygen atoms in total. The number of carboxylic acids is 2. The number of rotatable bonds is 8. The first-order valence-electron chi connectivity index (χ1n) is 13.0. The van der Waals surface area contributed by atoms with Crippen molar-refractivity contribution in [1.29, 1.82) is 0 Å². The largest absolute Gasteiger partial charge is 0.487 e. The van der Waals surface area contributed by atoms with E-state index < -0.39 is 41.2 Å². The SMILES string of the molecule is CC(C)=CCC[C@]1(C)Oc2cc3c(c4c2[C@@H]2[C@H]1CC[C@@](C)(O)[C@H]2O4)CN([C@@H](CCC(=O)O)C(=O)O)C3=O. The molecule has 3 aliphatic heterocycles. The van der Waals surface area contributed by atoms with E-state index >= 15 is 0 Å². The number of aliphatic carboxylic acids is 2. The summed E-state index contributed by atoms with van der Waals surface area (Å²) in [6.45, 7) is 8.02. The number of hydrogen-bond donors (Lipinski definition) is 3. The molecule has 4 aliphatic rings. The fourth-order valence-corrected chi connectivity index (χ4v) is 6.84. The number of allylic oxidation sites excluding steroid dienone is 2. The first-order valence-corrected chi connectivity index (χ1v) is 13.0. The van der Waals surface area contributed by atoms with Crippen LogP contribution in [0, 0.1) is 5.92 Å². The minimum absolute atomic E-state index is 0.0114. The predicted octanol–water partition coefficient (Wildman–Crippen LogP) is 3.86. The molecule has 3 heterocycles. The smallest absolute Gasteiger partial charge is 0.326 e. The van der Waals surface area contributed by atoms with Gasteiger partial charge in [0.2, 0.25) is 0 Å². The second-order valence-corrected chi connectivity index (χ2v) is 11.7. The molecule has 200 valence electrons. The molecule has 9 heteroatoms. The van der Waals surface area contributed by atoms with E-state index in [1.807, 2.05) is 0 Å². The Morgan fingerprint density at radius 1 is 1.27 bits per heavy atom. The molecule has 1 fully saturated rings. The zero-order valence-corrected chi connectivity index (χ0v) is 21.7. The quantitative estimate of drug-likeness (QED) is 0.446. The molecule has 0 spiro atoms. The zero-order valence-electron chi connectivity index (χ0n) is 21.7. The van der Waals surface area contributed by atoms with Gasteiger partial charge in [-0.15, -0.1) is 0 Å². The van der Waals surface area contributed by atoms with E-state index in [-0.39, 0.29) is 31.2 Å². The standard InChI is InChI=1S/C28H35NO8/c1-14(2)6-5-10-28(4)17-9-11-27(3,35)24-21(17)22-19(37-28)12-15-16(23(22)36-24)13-29(25(15)32)18(26(33)34)7-8-20(30)31/h6,12,17-18,21,24,35H,5,7-11,13H2,1-4H3,(H,30,31)(H,33,34)/t17-,18+,21+,24+,27-,28+/m1/s1. The van der Waals surface area contributed by atoms with Gasteiger partial charge in [0.05, 0.1) is 17.7 Å². The van der Waals surface area contributed by atoms with Crippen molar-refractivity contribution in [1.82, 2.24) is 4.90 Å². The van der Waals surface area contributed by atoms with Gasteiger partial charge in [0.25, 0.3) is 5.91 Å². The number of nitrogens with zero attached hydrogens (tertiary/aromatic N) is 1. The molecule has 1 aliphatic carbocycles. The molecule has 1 saturated carbocycles. The maximum Gasteiger partial charge on any atom is 0.326 e. The number of amides is 1. The average Bonchev–Trinajstić information content (AvgIpc) is 3.34. The van der Waals surface area contributed by atoms with E-state index in [0.717, 1.165) is 24.8 Å². The minimum atomic E-state index is -1.27. The molecular formula is C28H35NO8. The highest BCUT2D eigenvalue weighted by molar-refractivity contribution is 6.02. The molecule has 0 aromatic heterocycles. The molecule has 1 aromatic rings. The number of aliphatic hydroxyl groups is 1. The average molecular weight is 514 g/mol. The van der Waals surface area contributed by atoms with Gasteiger partial charge in [0.1, 0.15) is 29.2 Å². The van der Waals surface area contributed by atoms with Gasteiger partial charge in [-0.25, -0.2) is 4.79 Å². The third-order valence-corrected chi connectivity index (χ3v) is 8.73. The fourth-order valence-electron chi connectivity index (χ4n) is 6.84. The van der Waals surface area contributed by atoms with Gasteiger partial charge < -0.3 is 29.7 Å². The molecule has 37 heavy (non-hydrogen) atoms. The van der Waals surface area contributed by atoms with Gasteiger partial charge in [-0.05, 0) is 65.9 Å². The predicted molar refractivity (Wildman–Crippen MR) is 133 cm³/mol. The lowest BCUT2D eigenvalue weighted by molar-refractivity contribution is -0.143. The molecule has 0 saturated heterocycles. The zero-order chi connectivity index (χ0) is 26.9. The summed E-state index contributed by atoms with van der Waals surface area (Å²) in [6, 6.07) is 0.437. The Bertz CT molecular complexity index is 1200. The first kappa shape index (κ1) is 25.6. The van der Waals surface area contributed by atoms with E-state index in [2.05, 4.69) is 26.8 Å². The first-order chi connectivity index (χ1) is 17.3. The Balaban J connectivity index is 1.57. The number of fused-ring (bicyclic) bond motifs is 2. The third kappa shape index (κ3) is 4.07. The minimum Gasteiger partial charge on any atom is -0.487 e. The van der Waals surface area contributed by atoms with Crippen molar-refractivity contribution in [2.45, 2.75) is 102 Å². The number of ether oxygens (including phenoxy) is 2. The molecule has 0 bridgehead atoms. The van der Waals surface area contributed by atoms with Crippen LogP contribution in [0.25, 0.3) is 0 Å². The van der Waals surface area contributed by atoms with E-state index in [1.54, 1.807) is 13.0 Å². The lowest BCUT2D eigenvalue weighted by atomic mass is 9.61. The summed E-state index contributed by atoms with van der Waals surface area (Å²) in [7, 11) is 0. The van der Waals surface area contributed by atoms with Crippen LogP contribution in [-0.4, -0.2) is 61.4 Å². The lowest BCUT2D eigenvalue weighted by Gasteiger charge is -2.51. The van der Waals surface area contributed by atoms with Crippen LogP contribution >= 0.6 is 0 Å². The fraction of sp³-hybridized carbons (Fsp3) is 0.607. The van der Waals surface area contributed by atoms with Crippen molar-refractivity contribution in [3.05, 3.63) is 34.4 Å². The summed E-state index contributed by atoms with van der Waals surface area (Å²) in [4.78, 5) is 37.8. The summed E-state index contributed by atoms with van der Waals surface area (Å²) in [5.74, 6) is -1.76. The van der Waals surface area contributed by atoms with Crippen molar-refractivity contribution in [2.75, 3.05) is 0 Å². The highest BCUT2D eigenvalue weighted by atomic mass is 16.5. The normalized spacial score (nSPS) is 31.6. The Morgan fingerprint density at radius 3 is 2.65 bits per heavy atom. The van der Waals surface area contributed by atoms with E-state index in [9.17, 15) is 24.6 Å². The van der Waals surface area contributed by atoms with Crippen molar-refractivity contribution in [3.8, 4) is 11.5 Å². The summed E-state index contributed by atoms with van der Waals surface area (Å²) in [5, 5.41) is 30.2. The van der Waals surface area contributed by atoms with E-state index in [0.29, 0.717) is 29.0 Å². The van der Waals surface area contributed by atoms with Crippen molar-refractivity contribution >= 4 is 17.8 Å². The molecular weight excluding hydrogens is 478 g/mol. The van der Waals surface area contributed by atoms with Gasteiger partial charge in [-0.3, -0.25) is 9.59 Å². The molecule has 0 unspecified atom stereocenters. The Morgan fingerprint density at radius 2 is 2.00 bits per heavy atom. The maximum atomic E-state index is 13.5. The van der Waals surface area contributed by atoms with Crippen molar-refractivity contribution in [3.63, 3.8) is 0 Å². The molecule has 6 atom stereocenters. The summed E-state index contributed by atoms with van der Waals surface area (Å²) < 4.78 is 13.2. The van der Waals surface area contributed by atoms with Crippen LogP contribution in [0.3, 0.4) is 0 Å². The van der Waals surface area contributed by atoms with Crippen LogP contribution in [0.2, 0.25) is 0 Å². The number of benzene rings is 1. The van der Waals surface area contributed by atoms with Gasteiger partial charge in [0.15, 0.2) is 0 Å². The summed E-state index contributed by atoms with van der Waals surface area (Å²) in [6.07, 6.45) is 4.09. The highest BCUT2D eigenvalue weighted by Gasteiger charge is 2.61. The monoisotopic (exact) mass is 513 g/mol. The second kappa shape index (κ2) is 8.75. The van der Waals surface area contributed by atoms with Crippen LogP contribution in [-0.2, 0) is 16.1 Å². The third-order valence-electron chi connectivity index (χ3n) is 8.73. The molecule has 5 rings (SSSR count). The van der Waals surface area contributed by atoms with E-state index in [1.165, 1.54) is 10.5 Å². The Hall–Kier alpha value is -3.07. The maximum absolute atomic E-state index is 13.5. The van der Waals surface area contributed by atoms with Crippen LogP contribution in [0.1, 0.15) is 93.6 Å². The van der Waals surface area contributed by atoms with Gasteiger partial charge in [0, 0.05) is 29.4 Å². The van der Waals surface area contributed by atoms with Crippen molar-refractivity contribution in [2.24, 2.45) is 5.92 Å². The van der Waals surface area contributed by atoms with Crippen LogP contribution in [0.15, 0.2) is 17.7 Å². The molecule has 1 aromatic carbocycles. The lowest BCUT2D eigenvalue weighted by Crippen LogP contribution is -2.57. The second-order valence-electron chi connectivity index (χ2n) is 11.7. The van der Waals surface area contributed by atoms with E-state index in [4.69, 9.17) is 14.6 Å². The summed E-state index contributed by atoms with van der Waals surface area (Å²) in [5.41, 5.74) is 1.42. The Kier molecular flexibility index (Phi) is 6.05. The Labute approximate surface area is 216 Å². The van der Waals surface area contributed by atoms with Crippen LogP contribution < -0.4 is 9.47 Å². The van der Waals surface area contributed by atoms with Crippen molar-refractivity contribution < 1.29 is 39.2 Å². The highest BCUT2D eigenvalue weighted by Crippen LogP contribution is 2.63. The van der Waals surface area contributed by atoms with Gasteiger partial charge in [-0.1, -0.05) is 11.6 Å². The molecule has 3 N–H and O–H groups in total. The molecule has 0 radical (unpaired) electrons. The molecule has 1 amide bonds. The number of hydrogen-bond acceptors (Lipinski definition) is 6. The van der Waals surface area contributed by atoms with Crippen LogP contribution in [0.5, 0.6) is 11.5 Å². The van der Waals surface area contributed by atoms with Gasteiger partial charge in [-0.2, -0.15) is 0 Å². The number of carbonyl (C=O) groups excluding carboxylic acids is 1.